The average molecular weight is 254 g/mol. The largest absolute Gasteiger partial charge is 0.265 e. The van der Waals surface area contributed by atoms with E-state index in [0.717, 1.165) is 11.8 Å². The number of halogens is 1. The highest BCUT2D eigenvalue weighted by Crippen LogP contribution is 2.48. The van der Waals surface area contributed by atoms with Crippen molar-refractivity contribution in [3.05, 3.63) is 30.1 Å². The Hall–Kier alpha value is -0.370. The molecule has 0 radical (unpaired) electrons. The van der Waals surface area contributed by atoms with Crippen molar-refractivity contribution in [2.75, 3.05) is 0 Å². The molecule has 14 heavy (non-hydrogen) atoms. The molecule has 2 heteroatoms. The highest BCUT2D eigenvalue weighted by molar-refractivity contribution is 9.09. The van der Waals surface area contributed by atoms with Gasteiger partial charge in [-0.05, 0) is 41.9 Å². The summed E-state index contributed by atoms with van der Waals surface area (Å²) in [6.07, 6.45) is 5.13. The van der Waals surface area contributed by atoms with Gasteiger partial charge in [0.2, 0.25) is 0 Å². The second-order valence-corrected chi connectivity index (χ2v) is 5.45. The summed E-state index contributed by atoms with van der Waals surface area (Å²) >= 11 is 3.83. The lowest BCUT2D eigenvalue weighted by Gasteiger charge is -2.18. The molecule has 1 saturated carbocycles. The van der Waals surface area contributed by atoms with Crippen molar-refractivity contribution in [1.29, 1.82) is 0 Å². The van der Waals surface area contributed by atoms with Crippen molar-refractivity contribution in [2.24, 2.45) is 11.8 Å². The van der Waals surface area contributed by atoms with Crippen LogP contribution in [-0.2, 0) is 0 Å². The summed E-state index contributed by atoms with van der Waals surface area (Å²) in [5.41, 5.74) is 1.39. The Labute approximate surface area is 94.1 Å². The van der Waals surface area contributed by atoms with Crippen LogP contribution in [0, 0.1) is 11.8 Å². The molecule has 0 aliphatic heterocycles. The Kier molecular flexibility index (Phi) is 2.91. The molecule has 0 aromatic carbocycles. The van der Waals surface area contributed by atoms with E-state index in [1.54, 1.807) is 0 Å². The van der Waals surface area contributed by atoms with Crippen molar-refractivity contribution >= 4 is 15.9 Å². The van der Waals surface area contributed by atoms with E-state index in [2.05, 4.69) is 46.9 Å². The predicted molar refractivity (Wildman–Crippen MR) is 62.6 cm³/mol. The van der Waals surface area contributed by atoms with Crippen LogP contribution in [0.15, 0.2) is 24.5 Å². The standard InChI is InChI=1S/C12H16BrN/c1-8-7-11(8)12(13)9(2)10-3-5-14-6-4-10/h3-6,8-9,11-12H,7H2,1-2H3. The summed E-state index contributed by atoms with van der Waals surface area (Å²) in [5, 5.41) is 0. The molecule has 0 bridgehead atoms. The topological polar surface area (TPSA) is 12.9 Å². The van der Waals surface area contributed by atoms with Crippen LogP contribution in [0.3, 0.4) is 0 Å². The van der Waals surface area contributed by atoms with E-state index in [4.69, 9.17) is 0 Å². The Morgan fingerprint density at radius 1 is 1.43 bits per heavy atom. The molecule has 1 fully saturated rings. The fraction of sp³-hybridized carbons (Fsp3) is 0.583. The Morgan fingerprint density at radius 2 is 2.00 bits per heavy atom. The maximum atomic E-state index is 4.05. The Bertz CT molecular complexity index is 298. The van der Waals surface area contributed by atoms with Crippen LogP contribution in [-0.4, -0.2) is 9.81 Å². The fourth-order valence-electron chi connectivity index (χ4n) is 2.02. The molecule has 0 saturated heterocycles. The lowest BCUT2D eigenvalue weighted by Crippen LogP contribution is -2.12. The molecule has 76 valence electrons. The van der Waals surface area contributed by atoms with Gasteiger partial charge in [0.05, 0.1) is 0 Å². The Morgan fingerprint density at radius 3 is 2.50 bits per heavy atom. The van der Waals surface area contributed by atoms with Gasteiger partial charge in [-0.2, -0.15) is 0 Å². The lowest BCUT2D eigenvalue weighted by atomic mass is 9.96. The third-order valence-corrected chi connectivity index (χ3v) is 4.76. The molecule has 0 spiro atoms. The predicted octanol–water partition coefficient (Wildman–Crippen LogP) is 3.60. The van der Waals surface area contributed by atoms with Gasteiger partial charge in [0, 0.05) is 17.2 Å². The summed E-state index contributed by atoms with van der Waals surface area (Å²) in [6, 6.07) is 4.23. The highest BCUT2D eigenvalue weighted by Gasteiger charge is 2.40. The molecule has 1 heterocycles. The molecule has 1 aliphatic carbocycles. The van der Waals surface area contributed by atoms with Gasteiger partial charge in [-0.15, -0.1) is 0 Å². The zero-order chi connectivity index (χ0) is 10.1. The molecule has 1 aromatic rings. The van der Waals surface area contributed by atoms with Crippen molar-refractivity contribution in [2.45, 2.75) is 31.0 Å². The first-order chi connectivity index (χ1) is 6.70. The minimum Gasteiger partial charge on any atom is -0.265 e. The zero-order valence-corrected chi connectivity index (χ0v) is 10.2. The van der Waals surface area contributed by atoms with Gasteiger partial charge >= 0.3 is 0 Å². The van der Waals surface area contributed by atoms with E-state index in [-0.39, 0.29) is 0 Å². The van der Waals surface area contributed by atoms with E-state index in [1.807, 2.05) is 12.4 Å². The minimum atomic E-state index is 0.591. The molecule has 2 rings (SSSR count). The molecular formula is C12H16BrN. The number of hydrogen-bond donors (Lipinski definition) is 0. The van der Waals surface area contributed by atoms with E-state index < -0.39 is 0 Å². The number of alkyl halides is 1. The lowest BCUT2D eigenvalue weighted by molar-refractivity contribution is 0.616. The van der Waals surface area contributed by atoms with Gasteiger partial charge in [0.15, 0.2) is 0 Å². The summed E-state index contributed by atoms with van der Waals surface area (Å²) in [5.74, 6) is 2.37. The maximum absolute atomic E-state index is 4.05. The third kappa shape index (κ3) is 2.00. The number of rotatable bonds is 3. The van der Waals surface area contributed by atoms with Crippen molar-refractivity contribution in [3.8, 4) is 0 Å². The second-order valence-electron chi connectivity index (χ2n) is 4.39. The molecule has 0 amide bonds. The first-order valence-electron chi connectivity index (χ1n) is 5.24. The van der Waals surface area contributed by atoms with Gasteiger partial charge < -0.3 is 0 Å². The van der Waals surface area contributed by atoms with Crippen LogP contribution in [0.25, 0.3) is 0 Å². The van der Waals surface area contributed by atoms with Crippen LogP contribution < -0.4 is 0 Å². The first kappa shape index (κ1) is 10.2. The van der Waals surface area contributed by atoms with E-state index >= 15 is 0 Å². The van der Waals surface area contributed by atoms with Crippen LogP contribution in [0.5, 0.6) is 0 Å². The van der Waals surface area contributed by atoms with E-state index in [1.165, 1.54) is 12.0 Å². The second kappa shape index (κ2) is 4.01. The average Bonchev–Trinajstić information content (AvgIpc) is 2.95. The SMILES string of the molecule is CC1CC1C(Br)C(C)c1ccncc1. The molecule has 0 N–H and O–H groups in total. The summed E-state index contributed by atoms with van der Waals surface area (Å²) in [7, 11) is 0. The Balaban J connectivity index is 2.05. The summed E-state index contributed by atoms with van der Waals surface area (Å²) in [4.78, 5) is 4.67. The smallest absolute Gasteiger partial charge is 0.0270 e. The maximum Gasteiger partial charge on any atom is 0.0270 e. The van der Waals surface area contributed by atoms with E-state index in [0.29, 0.717) is 10.7 Å². The number of nitrogens with zero attached hydrogens (tertiary/aromatic N) is 1. The quantitative estimate of drug-likeness (QED) is 0.751. The molecule has 1 aromatic heterocycles. The normalized spacial score (nSPS) is 29.6. The van der Waals surface area contributed by atoms with E-state index in [9.17, 15) is 0 Å². The third-order valence-electron chi connectivity index (χ3n) is 3.29. The molecule has 1 aliphatic rings. The van der Waals surface area contributed by atoms with Crippen LogP contribution in [0.2, 0.25) is 0 Å². The summed E-state index contributed by atoms with van der Waals surface area (Å²) < 4.78 is 0. The van der Waals surface area contributed by atoms with Gasteiger partial charge in [-0.25, -0.2) is 0 Å². The monoisotopic (exact) mass is 253 g/mol. The molecule has 4 unspecified atom stereocenters. The highest BCUT2D eigenvalue weighted by atomic mass is 79.9. The zero-order valence-electron chi connectivity index (χ0n) is 8.65. The molecule has 1 nitrogen and oxygen atoms in total. The summed E-state index contributed by atoms with van der Waals surface area (Å²) in [6.45, 7) is 4.62. The van der Waals surface area contributed by atoms with Crippen molar-refractivity contribution in [3.63, 3.8) is 0 Å². The van der Waals surface area contributed by atoms with Crippen molar-refractivity contribution < 1.29 is 0 Å². The molecular weight excluding hydrogens is 238 g/mol. The number of hydrogen-bond acceptors (Lipinski definition) is 1. The van der Waals surface area contributed by atoms with Crippen LogP contribution >= 0.6 is 15.9 Å². The van der Waals surface area contributed by atoms with Gasteiger partial charge in [-0.3, -0.25) is 4.98 Å². The van der Waals surface area contributed by atoms with Gasteiger partial charge in [-0.1, -0.05) is 29.8 Å². The number of pyridine rings is 1. The number of aromatic nitrogens is 1. The fourth-order valence-corrected chi connectivity index (χ4v) is 3.06. The van der Waals surface area contributed by atoms with Crippen LogP contribution in [0.1, 0.15) is 31.7 Å². The minimum absolute atomic E-state index is 0.591. The van der Waals surface area contributed by atoms with Crippen molar-refractivity contribution in [1.82, 2.24) is 4.98 Å². The first-order valence-corrected chi connectivity index (χ1v) is 6.15. The molecule has 4 atom stereocenters. The van der Waals surface area contributed by atoms with Crippen LogP contribution in [0.4, 0.5) is 0 Å². The van der Waals surface area contributed by atoms with Gasteiger partial charge in [0.25, 0.3) is 0 Å². The van der Waals surface area contributed by atoms with Gasteiger partial charge in [0.1, 0.15) is 0 Å².